The van der Waals surface area contributed by atoms with Crippen LogP contribution >= 0.6 is 0 Å². The fourth-order valence-electron chi connectivity index (χ4n) is 3.15. The van der Waals surface area contributed by atoms with Crippen LogP contribution in [0.3, 0.4) is 0 Å². The lowest BCUT2D eigenvalue weighted by atomic mass is 9.93. The van der Waals surface area contributed by atoms with Crippen molar-refractivity contribution in [2.75, 3.05) is 0 Å². The van der Waals surface area contributed by atoms with E-state index in [1.807, 2.05) is 37.3 Å². The van der Waals surface area contributed by atoms with Crippen molar-refractivity contribution in [1.29, 1.82) is 0 Å². The molecule has 1 aliphatic carbocycles. The molecule has 0 radical (unpaired) electrons. The number of aryl methyl sites for hydroxylation is 1. The predicted molar refractivity (Wildman–Crippen MR) is 94.5 cm³/mol. The van der Waals surface area contributed by atoms with Gasteiger partial charge >= 0.3 is 12.1 Å². The molecule has 1 amide bonds. The zero-order valence-corrected chi connectivity index (χ0v) is 14.7. The number of imidazole rings is 1. The normalized spacial score (nSPS) is 15.9. The van der Waals surface area contributed by atoms with E-state index in [9.17, 15) is 14.7 Å². The van der Waals surface area contributed by atoms with Gasteiger partial charge in [-0.15, -0.1) is 0 Å². The number of rotatable bonds is 8. The first-order valence-corrected chi connectivity index (χ1v) is 8.77. The molecule has 0 spiro atoms. The van der Waals surface area contributed by atoms with E-state index in [-0.39, 0.29) is 19.1 Å². The number of carboxylic acids is 1. The molecule has 7 nitrogen and oxygen atoms in total. The monoisotopic (exact) mass is 357 g/mol. The Morgan fingerprint density at radius 1 is 1.35 bits per heavy atom. The number of carbonyl (C=O) groups excluding carboxylic acids is 1. The third-order valence-electron chi connectivity index (χ3n) is 4.73. The van der Waals surface area contributed by atoms with E-state index < -0.39 is 17.6 Å². The molecule has 1 atom stereocenters. The van der Waals surface area contributed by atoms with Crippen molar-refractivity contribution in [3.05, 3.63) is 54.1 Å². The standard InChI is InChI=1S/C19H23N3O4/c1-2-16-20-10-11-22(16)13-19(17(23)24,15-8-9-15)21-18(25)26-12-14-6-4-3-5-7-14/h3-7,10-11,15H,2,8-9,12-13H2,1H3,(H,21,25)(H,23,24). The lowest BCUT2D eigenvalue weighted by Gasteiger charge is -2.31. The van der Waals surface area contributed by atoms with E-state index in [2.05, 4.69) is 10.3 Å². The second-order valence-corrected chi connectivity index (χ2v) is 6.56. The van der Waals surface area contributed by atoms with E-state index in [4.69, 9.17) is 4.74 Å². The molecule has 0 bridgehead atoms. The lowest BCUT2D eigenvalue weighted by molar-refractivity contribution is -0.146. The van der Waals surface area contributed by atoms with Gasteiger partial charge in [0.1, 0.15) is 12.4 Å². The molecule has 2 aromatic rings. The molecule has 1 saturated carbocycles. The number of carboxylic acid groups (broad SMARTS) is 1. The Bertz CT molecular complexity index is 770. The van der Waals surface area contributed by atoms with Gasteiger partial charge in [-0.1, -0.05) is 37.3 Å². The molecule has 3 rings (SSSR count). The molecule has 1 aliphatic rings. The maximum absolute atomic E-state index is 12.3. The van der Waals surface area contributed by atoms with Gasteiger partial charge in [-0.25, -0.2) is 14.6 Å². The van der Waals surface area contributed by atoms with Crippen LogP contribution in [0.5, 0.6) is 0 Å². The summed E-state index contributed by atoms with van der Waals surface area (Å²) in [7, 11) is 0. The number of carbonyl (C=O) groups is 2. The first-order chi connectivity index (χ1) is 12.5. The van der Waals surface area contributed by atoms with Crippen LogP contribution in [0.4, 0.5) is 4.79 Å². The predicted octanol–water partition coefficient (Wildman–Crippen LogP) is 2.61. The Morgan fingerprint density at radius 3 is 2.69 bits per heavy atom. The molecule has 1 aromatic carbocycles. The quantitative estimate of drug-likeness (QED) is 0.757. The molecule has 1 fully saturated rings. The van der Waals surface area contributed by atoms with Crippen LogP contribution in [-0.2, 0) is 29.1 Å². The summed E-state index contributed by atoms with van der Waals surface area (Å²) < 4.78 is 7.04. The fraction of sp³-hybridized carbons (Fsp3) is 0.421. The van der Waals surface area contributed by atoms with E-state index >= 15 is 0 Å². The number of nitrogens with zero attached hydrogens (tertiary/aromatic N) is 2. The van der Waals surface area contributed by atoms with Gasteiger partial charge in [0.2, 0.25) is 0 Å². The topological polar surface area (TPSA) is 93.5 Å². The Kier molecular flexibility index (Phi) is 5.25. The number of nitrogens with one attached hydrogen (secondary N) is 1. The average molecular weight is 357 g/mol. The summed E-state index contributed by atoms with van der Waals surface area (Å²) in [6.07, 6.45) is 4.89. The molecule has 2 N–H and O–H groups in total. The highest BCUT2D eigenvalue weighted by Gasteiger charge is 2.53. The van der Waals surface area contributed by atoms with Crippen LogP contribution in [0.25, 0.3) is 0 Å². The van der Waals surface area contributed by atoms with Gasteiger partial charge in [-0.2, -0.15) is 0 Å². The van der Waals surface area contributed by atoms with Crippen LogP contribution in [-0.4, -0.2) is 32.3 Å². The number of aromatic nitrogens is 2. The van der Waals surface area contributed by atoms with Gasteiger partial charge in [-0.3, -0.25) is 0 Å². The van der Waals surface area contributed by atoms with Crippen molar-refractivity contribution in [2.24, 2.45) is 5.92 Å². The van der Waals surface area contributed by atoms with Crippen molar-refractivity contribution in [1.82, 2.24) is 14.9 Å². The number of hydrogen-bond donors (Lipinski definition) is 2. The average Bonchev–Trinajstić information content (AvgIpc) is 3.40. The van der Waals surface area contributed by atoms with Crippen LogP contribution in [0, 0.1) is 5.92 Å². The SMILES string of the molecule is CCc1nccn1CC(NC(=O)OCc1ccccc1)(C(=O)O)C1CC1. The Morgan fingerprint density at radius 2 is 2.08 bits per heavy atom. The Balaban J connectivity index is 1.73. The van der Waals surface area contributed by atoms with Gasteiger partial charge < -0.3 is 19.7 Å². The van der Waals surface area contributed by atoms with Crippen LogP contribution in [0.2, 0.25) is 0 Å². The molecule has 26 heavy (non-hydrogen) atoms. The van der Waals surface area contributed by atoms with Gasteiger partial charge in [-0.05, 0) is 24.3 Å². The summed E-state index contributed by atoms with van der Waals surface area (Å²) in [6, 6.07) is 9.28. The second kappa shape index (κ2) is 7.59. The minimum absolute atomic E-state index is 0.0956. The number of alkyl carbamates (subject to hydrolysis) is 1. The van der Waals surface area contributed by atoms with Crippen LogP contribution in [0.1, 0.15) is 31.2 Å². The minimum atomic E-state index is -1.39. The summed E-state index contributed by atoms with van der Waals surface area (Å²) in [6.45, 7) is 2.19. The Hall–Kier alpha value is -2.83. The van der Waals surface area contributed by atoms with Crippen molar-refractivity contribution < 1.29 is 19.4 Å². The molecule has 1 aromatic heterocycles. The van der Waals surface area contributed by atoms with Crippen molar-refractivity contribution in [3.8, 4) is 0 Å². The van der Waals surface area contributed by atoms with Crippen LogP contribution in [0.15, 0.2) is 42.7 Å². The third kappa shape index (κ3) is 3.87. The summed E-state index contributed by atoms with van der Waals surface area (Å²) in [5, 5.41) is 12.6. The molecule has 0 saturated heterocycles. The molecular formula is C19H23N3O4. The largest absolute Gasteiger partial charge is 0.479 e. The molecule has 1 heterocycles. The van der Waals surface area contributed by atoms with Crippen molar-refractivity contribution in [2.45, 2.75) is 44.9 Å². The number of hydrogen-bond acceptors (Lipinski definition) is 4. The lowest BCUT2D eigenvalue weighted by Crippen LogP contribution is -2.59. The maximum Gasteiger partial charge on any atom is 0.408 e. The maximum atomic E-state index is 12.3. The second-order valence-electron chi connectivity index (χ2n) is 6.56. The van der Waals surface area contributed by atoms with Gasteiger partial charge in [0.25, 0.3) is 0 Å². The molecular weight excluding hydrogens is 334 g/mol. The number of ether oxygens (including phenoxy) is 1. The highest BCUT2D eigenvalue weighted by Crippen LogP contribution is 2.41. The molecule has 0 aliphatic heterocycles. The van der Waals surface area contributed by atoms with Crippen molar-refractivity contribution >= 4 is 12.1 Å². The number of aliphatic carboxylic acids is 1. The number of amides is 1. The first-order valence-electron chi connectivity index (χ1n) is 8.77. The summed E-state index contributed by atoms with van der Waals surface area (Å²) >= 11 is 0. The zero-order chi connectivity index (χ0) is 18.6. The summed E-state index contributed by atoms with van der Waals surface area (Å²) in [5.41, 5.74) is -0.545. The van der Waals surface area contributed by atoms with E-state index in [0.717, 1.165) is 24.2 Å². The smallest absolute Gasteiger partial charge is 0.408 e. The van der Waals surface area contributed by atoms with E-state index in [0.29, 0.717) is 6.42 Å². The van der Waals surface area contributed by atoms with E-state index in [1.54, 1.807) is 17.0 Å². The first kappa shape index (κ1) is 18.0. The van der Waals surface area contributed by atoms with Crippen LogP contribution < -0.4 is 5.32 Å². The Labute approximate surface area is 152 Å². The molecule has 7 heteroatoms. The third-order valence-corrected chi connectivity index (χ3v) is 4.73. The summed E-state index contributed by atoms with van der Waals surface area (Å²) in [4.78, 5) is 28.7. The minimum Gasteiger partial charge on any atom is -0.479 e. The molecule has 138 valence electrons. The van der Waals surface area contributed by atoms with Gasteiger partial charge in [0.15, 0.2) is 5.54 Å². The van der Waals surface area contributed by atoms with Gasteiger partial charge in [0, 0.05) is 18.8 Å². The molecule has 1 unspecified atom stereocenters. The highest BCUT2D eigenvalue weighted by molar-refractivity contribution is 5.85. The summed E-state index contributed by atoms with van der Waals surface area (Å²) in [5.74, 6) is -0.375. The zero-order valence-electron chi connectivity index (χ0n) is 14.7. The highest BCUT2D eigenvalue weighted by atomic mass is 16.5. The fourth-order valence-corrected chi connectivity index (χ4v) is 3.15. The van der Waals surface area contributed by atoms with Crippen molar-refractivity contribution in [3.63, 3.8) is 0 Å². The number of benzene rings is 1. The van der Waals surface area contributed by atoms with E-state index in [1.165, 1.54) is 0 Å². The van der Waals surface area contributed by atoms with Gasteiger partial charge in [0.05, 0.1) is 6.54 Å².